The average molecular weight is 228 g/mol. The van der Waals surface area contributed by atoms with Crippen LogP contribution in [0, 0.1) is 0 Å². The SMILES string of the molecule is Nc1ccccc1N=Cc1cccc(O)c1O. The second-order valence-electron chi connectivity index (χ2n) is 3.53. The third-order valence-electron chi connectivity index (χ3n) is 2.33. The molecule has 4 heteroatoms. The van der Waals surface area contributed by atoms with Crippen LogP contribution in [0.3, 0.4) is 0 Å². The molecule has 4 N–H and O–H groups in total. The number of para-hydroxylation sites is 3. The summed E-state index contributed by atoms with van der Waals surface area (Å²) in [5.74, 6) is -0.360. The molecular formula is C13H12N2O2. The predicted molar refractivity (Wildman–Crippen MR) is 67.9 cm³/mol. The second kappa shape index (κ2) is 4.57. The van der Waals surface area contributed by atoms with Crippen molar-refractivity contribution in [3.63, 3.8) is 0 Å². The first kappa shape index (κ1) is 11.0. The molecule has 0 aliphatic heterocycles. The van der Waals surface area contributed by atoms with Gasteiger partial charge in [0.1, 0.15) is 0 Å². The summed E-state index contributed by atoms with van der Waals surface area (Å²) in [6, 6.07) is 11.8. The van der Waals surface area contributed by atoms with Crippen molar-refractivity contribution in [2.75, 3.05) is 5.73 Å². The normalized spacial score (nSPS) is 10.8. The Kier molecular flexibility index (Phi) is 2.96. The molecule has 2 aromatic rings. The number of hydrogen-bond donors (Lipinski definition) is 3. The van der Waals surface area contributed by atoms with E-state index < -0.39 is 0 Å². The number of phenolic OH excluding ortho intramolecular Hbond substituents is 2. The summed E-state index contributed by atoms with van der Waals surface area (Å²) in [4.78, 5) is 4.16. The van der Waals surface area contributed by atoms with Crippen molar-refractivity contribution in [2.45, 2.75) is 0 Å². The van der Waals surface area contributed by atoms with Gasteiger partial charge in [-0.05, 0) is 24.3 Å². The number of phenols is 2. The summed E-state index contributed by atoms with van der Waals surface area (Å²) in [5, 5.41) is 18.9. The van der Waals surface area contributed by atoms with Crippen LogP contribution in [-0.2, 0) is 0 Å². The van der Waals surface area contributed by atoms with E-state index >= 15 is 0 Å². The largest absolute Gasteiger partial charge is 0.504 e. The Morgan fingerprint density at radius 1 is 1.00 bits per heavy atom. The van der Waals surface area contributed by atoms with Gasteiger partial charge in [-0.25, -0.2) is 0 Å². The summed E-state index contributed by atoms with van der Waals surface area (Å²) in [6.45, 7) is 0. The number of anilines is 1. The van der Waals surface area contributed by atoms with E-state index in [-0.39, 0.29) is 11.5 Å². The van der Waals surface area contributed by atoms with Crippen molar-refractivity contribution >= 4 is 17.6 Å². The molecular weight excluding hydrogens is 216 g/mol. The Morgan fingerprint density at radius 2 is 1.76 bits per heavy atom. The molecule has 2 aromatic carbocycles. The first-order valence-electron chi connectivity index (χ1n) is 5.08. The summed E-state index contributed by atoms with van der Waals surface area (Å²) < 4.78 is 0. The quantitative estimate of drug-likeness (QED) is 0.419. The molecule has 0 spiro atoms. The van der Waals surface area contributed by atoms with E-state index in [0.717, 1.165) is 0 Å². The Bertz CT molecular complexity index is 565. The lowest BCUT2D eigenvalue weighted by atomic mass is 10.2. The van der Waals surface area contributed by atoms with Crippen molar-refractivity contribution < 1.29 is 10.2 Å². The average Bonchev–Trinajstić information content (AvgIpc) is 2.33. The summed E-state index contributed by atoms with van der Waals surface area (Å²) >= 11 is 0. The Morgan fingerprint density at radius 3 is 2.53 bits per heavy atom. The highest BCUT2D eigenvalue weighted by atomic mass is 16.3. The van der Waals surface area contributed by atoms with Crippen LogP contribution < -0.4 is 5.73 Å². The molecule has 0 saturated heterocycles. The van der Waals surface area contributed by atoms with Gasteiger partial charge in [0.25, 0.3) is 0 Å². The van der Waals surface area contributed by atoms with Gasteiger partial charge in [0.05, 0.1) is 11.4 Å². The van der Waals surface area contributed by atoms with E-state index in [4.69, 9.17) is 5.73 Å². The smallest absolute Gasteiger partial charge is 0.166 e. The van der Waals surface area contributed by atoms with Gasteiger partial charge in [-0.15, -0.1) is 0 Å². The maximum absolute atomic E-state index is 9.57. The van der Waals surface area contributed by atoms with Gasteiger partial charge in [-0.3, -0.25) is 4.99 Å². The summed E-state index contributed by atoms with van der Waals surface area (Å²) in [6.07, 6.45) is 1.46. The maximum Gasteiger partial charge on any atom is 0.166 e. The first-order valence-corrected chi connectivity index (χ1v) is 5.08. The molecule has 0 unspecified atom stereocenters. The number of rotatable bonds is 2. The zero-order valence-corrected chi connectivity index (χ0v) is 9.04. The zero-order chi connectivity index (χ0) is 12.3. The first-order chi connectivity index (χ1) is 8.18. The van der Waals surface area contributed by atoms with Crippen molar-refractivity contribution in [3.05, 3.63) is 48.0 Å². The fourth-order valence-corrected chi connectivity index (χ4v) is 1.40. The van der Waals surface area contributed by atoms with Gasteiger partial charge >= 0.3 is 0 Å². The van der Waals surface area contributed by atoms with E-state index in [1.165, 1.54) is 12.3 Å². The molecule has 4 nitrogen and oxygen atoms in total. The Hall–Kier alpha value is -2.49. The van der Waals surface area contributed by atoms with Gasteiger partial charge < -0.3 is 15.9 Å². The molecule has 86 valence electrons. The standard InChI is InChI=1S/C13H12N2O2/c14-10-5-1-2-6-11(10)15-8-9-4-3-7-12(16)13(9)17/h1-8,16-17H,14H2. The van der Waals surface area contributed by atoms with Crippen LogP contribution in [0.2, 0.25) is 0 Å². The predicted octanol–water partition coefficient (Wildman–Crippen LogP) is 2.43. The lowest BCUT2D eigenvalue weighted by Gasteiger charge is -2.01. The van der Waals surface area contributed by atoms with Crippen LogP contribution in [0.25, 0.3) is 0 Å². The minimum absolute atomic E-state index is 0.171. The molecule has 0 saturated carbocycles. The number of nitrogens with zero attached hydrogens (tertiary/aromatic N) is 1. The molecule has 0 bridgehead atoms. The molecule has 17 heavy (non-hydrogen) atoms. The number of hydrogen-bond acceptors (Lipinski definition) is 4. The Balaban J connectivity index is 2.33. The van der Waals surface area contributed by atoms with Crippen LogP contribution in [0.1, 0.15) is 5.56 Å². The van der Waals surface area contributed by atoms with Gasteiger partial charge in [0, 0.05) is 11.8 Å². The topological polar surface area (TPSA) is 78.8 Å². The Labute approximate surface area is 98.7 Å². The van der Waals surface area contributed by atoms with E-state index in [2.05, 4.69) is 4.99 Å². The van der Waals surface area contributed by atoms with Crippen molar-refractivity contribution in [2.24, 2.45) is 4.99 Å². The van der Waals surface area contributed by atoms with Crippen molar-refractivity contribution in [3.8, 4) is 11.5 Å². The molecule has 2 rings (SSSR count). The molecule has 0 aliphatic carbocycles. The van der Waals surface area contributed by atoms with E-state index in [1.54, 1.807) is 24.3 Å². The lowest BCUT2D eigenvalue weighted by molar-refractivity contribution is 0.403. The van der Waals surface area contributed by atoms with Crippen LogP contribution in [-0.4, -0.2) is 16.4 Å². The molecule has 0 radical (unpaired) electrons. The van der Waals surface area contributed by atoms with Gasteiger partial charge in [0.15, 0.2) is 11.5 Å². The van der Waals surface area contributed by atoms with Gasteiger partial charge in [0.2, 0.25) is 0 Å². The highest BCUT2D eigenvalue weighted by molar-refractivity contribution is 5.87. The molecule has 0 fully saturated rings. The third kappa shape index (κ3) is 2.36. The monoisotopic (exact) mass is 228 g/mol. The minimum atomic E-state index is -0.189. The van der Waals surface area contributed by atoms with Crippen molar-refractivity contribution in [1.29, 1.82) is 0 Å². The van der Waals surface area contributed by atoms with E-state index in [0.29, 0.717) is 16.9 Å². The van der Waals surface area contributed by atoms with Crippen molar-refractivity contribution in [1.82, 2.24) is 0 Å². The highest BCUT2D eigenvalue weighted by Gasteiger charge is 2.03. The van der Waals surface area contributed by atoms with Crippen LogP contribution in [0.4, 0.5) is 11.4 Å². The second-order valence-corrected chi connectivity index (χ2v) is 3.53. The number of aliphatic imine (C=N–C) groups is 1. The van der Waals surface area contributed by atoms with Crippen LogP contribution >= 0.6 is 0 Å². The molecule has 0 aliphatic rings. The van der Waals surface area contributed by atoms with E-state index in [9.17, 15) is 10.2 Å². The third-order valence-corrected chi connectivity index (χ3v) is 2.33. The summed E-state index contributed by atoms with van der Waals surface area (Å²) in [7, 11) is 0. The minimum Gasteiger partial charge on any atom is -0.504 e. The summed E-state index contributed by atoms with van der Waals surface area (Å²) in [5.41, 5.74) is 7.34. The van der Waals surface area contributed by atoms with Crippen LogP contribution in [0.5, 0.6) is 11.5 Å². The highest BCUT2D eigenvalue weighted by Crippen LogP contribution is 2.28. The lowest BCUT2D eigenvalue weighted by Crippen LogP contribution is -1.86. The van der Waals surface area contributed by atoms with Crippen LogP contribution in [0.15, 0.2) is 47.5 Å². The fraction of sp³-hybridized carbons (Fsp3) is 0. The molecule has 0 heterocycles. The van der Waals surface area contributed by atoms with Gasteiger partial charge in [-0.2, -0.15) is 0 Å². The van der Waals surface area contributed by atoms with Gasteiger partial charge in [-0.1, -0.05) is 18.2 Å². The maximum atomic E-state index is 9.57. The zero-order valence-electron chi connectivity index (χ0n) is 9.04. The molecule has 0 atom stereocenters. The number of benzene rings is 2. The number of nitrogens with two attached hydrogens (primary N) is 1. The number of aromatic hydroxyl groups is 2. The fourth-order valence-electron chi connectivity index (χ4n) is 1.40. The number of nitrogen functional groups attached to an aromatic ring is 1. The molecule has 0 aromatic heterocycles. The molecule has 0 amide bonds. The van der Waals surface area contributed by atoms with E-state index in [1.807, 2.05) is 12.1 Å².